The van der Waals surface area contributed by atoms with Crippen LogP contribution in [-0.2, 0) is 14.8 Å². The Labute approximate surface area is 115 Å². The van der Waals surface area contributed by atoms with Crippen LogP contribution in [0.3, 0.4) is 0 Å². The third-order valence-corrected chi connectivity index (χ3v) is 3.10. The van der Waals surface area contributed by atoms with Crippen molar-refractivity contribution in [1.29, 1.82) is 5.26 Å². The van der Waals surface area contributed by atoms with Gasteiger partial charge < -0.3 is 10.1 Å². The molecule has 0 radical (unpaired) electrons. The van der Waals surface area contributed by atoms with Gasteiger partial charge in [-0.05, 0) is 18.2 Å². The number of primary sulfonamides is 1. The van der Waals surface area contributed by atoms with E-state index in [1.165, 1.54) is 12.1 Å². The van der Waals surface area contributed by atoms with Crippen molar-refractivity contribution in [1.82, 2.24) is 5.32 Å². The predicted octanol–water partition coefficient (Wildman–Crippen LogP) is 0.00598. The maximum Gasteiger partial charge on any atom is 0.258 e. The second-order valence-corrected chi connectivity index (χ2v) is 5.33. The zero-order valence-corrected chi connectivity index (χ0v) is 11.2. The first-order valence-electron chi connectivity index (χ1n) is 4.93. The minimum atomic E-state index is -4.01. The number of carbonyl (C=O) groups is 1. The monoisotopic (exact) mass is 303 g/mol. The van der Waals surface area contributed by atoms with E-state index in [2.05, 4.69) is 5.32 Å². The van der Waals surface area contributed by atoms with Gasteiger partial charge in [0.25, 0.3) is 5.91 Å². The Hall–Kier alpha value is -1.82. The molecule has 0 spiro atoms. The van der Waals surface area contributed by atoms with Crippen LogP contribution in [0.1, 0.15) is 0 Å². The van der Waals surface area contributed by atoms with E-state index in [-0.39, 0.29) is 22.2 Å². The summed E-state index contributed by atoms with van der Waals surface area (Å²) in [6.07, 6.45) is 0. The molecule has 0 bridgehead atoms. The zero-order chi connectivity index (χ0) is 14.5. The largest absolute Gasteiger partial charge is 0.482 e. The summed E-state index contributed by atoms with van der Waals surface area (Å²) >= 11 is 5.66. The van der Waals surface area contributed by atoms with Crippen molar-refractivity contribution in [2.75, 3.05) is 13.2 Å². The molecule has 0 aromatic heterocycles. The van der Waals surface area contributed by atoms with E-state index >= 15 is 0 Å². The van der Waals surface area contributed by atoms with Gasteiger partial charge in [0.05, 0.1) is 6.07 Å². The topological polar surface area (TPSA) is 122 Å². The summed E-state index contributed by atoms with van der Waals surface area (Å²) in [7, 11) is -4.01. The van der Waals surface area contributed by atoms with Crippen LogP contribution < -0.4 is 15.2 Å². The van der Waals surface area contributed by atoms with Crippen molar-refractivity contribution in [3.63, 3.8) is 0 Å². The smallest absolute Gasteiger partial charge is 0.258 e. The van der Waals surface area contributed by atoms with Crippen molar-refractivity contribution in [2.24, 2.45) is 5.14 Å². The number of carbonyl (C=O) groups excluding carboxylic acids is 1. The number of nitrogens with two attached hydrogens (primary N) is 1. The fourth-order valence-corrected chi connectivity index (χ4v) is 2.09. The number of benzene rings is 1. The maximum atomic E-state index is 11.3. The molecule has 9 heteroatoms. The number of sulfonamides is 1. The van der Waals surface area contributed by atoms with Crippen LogP contribution in [0.5, 0.6) is 5.75 Å². The van der Waals surface area contributed by atoms with E-state index < -0.39 is 22.5 Å². The van der Waals surface area contributed by atoms with Crippen LogP contribution in [0.2, 0.25) is 5.02 Å². The Morgan fingerprint density at radius 1 is 1.53 bits per heavy atom. The van der Waals surface area contributed by atoms with Crippen molar-refractivity contribution in [2.45, 2.75) is 4.90 Å². The highest BCUT2D eigenvalue weighted by Crippen LogP contribution is 2.26. The predicted molar refractivity (Wildman–Crippen MR) is 66.9 cm³/mol. The van der Waals surface area contributed by atoms with Gasteiger partial charge in [-0.1, -0.05) is 11.6 Å². The van der Waals surface area contributed by atoms with Gasteiger partial charge in [0.2, 0.25) is 10.0 Å². The molecule has 0 saturated heterocycles. The van der Waals surface area contributed by atoms with E-state index in [0.717, 1.165) is 6.07 Å². The van der Waals surface area contributed by atoms with Crippen LogP contribution in [0.15, 0.2) is 23.1 Å². The van der Waals surface area contributed by atoms with E-state index in [0.29, 0.717) is 0 Å². The second-order valence-electron chi connectivity index (χ2n) is 3.36. The van der Waals surface area contributed by atoms with Gasteiger partial charge in [-0.25, -0.2) is 13.6 Å². The third-order valence-electron chi connectivity index (χ3n) is 1.94. The number of nitriles is 1. The summed E-state index contributed by atoms with van der Waals surface area (Å²) in [5.41, 5.74) is 0. The third kappa shape index (κ3) is 4.75. The quantitative estimate of drug-likeness (QED) is 0.742. The molecule has 0 aliphatic rings. The molecule has 0 heterocycles. The summed E-state index contributed by atoms with van der Waals surface area (Å²) in [5, 5.41) is 15.7. The Kier molecular flexibility index (Phi) is 5.11. The highest BCUT2D eigenvalue weighted by Gasteiger charge is 2.16. The number of halogens is 1. The maximum absolute atomic E-state index is 11.3. The second kappa shape index (κ2) is 6.38. The Morgan fingerprint density at radius 3 is 2.79 bits per heavy atom. The van der Waals surface area contributed by atoms with Gasteiger partial charge >= 0.3 is 0 Å². The van der Waals surface area contributed by atoms with Crippen molar-refractivity contribution in [3.05, 3.63) is 23.2 Å². The van der Waals surface area contributed by atoms with E-state index in [4.69, 9.17) is 26.7 Å². The van der Waals surface area contributed by atoms with Gasteiger partial charge in [0.1, 0.15) is 17.2 Å². The molecule has 0 fully saturated rings. The van der Waals surface area contributed by atoms with Gasteiger partial charge in [-0.3, -0.25) is 4.79 Å². The lowest BCUT2D eigenvalue weighted by molar-refractivity contribution is -0.122. The van der Waals surface area contributed by atoms with Gasteiger partial charge in [0, 0.05) is 5.02 Å². The molecule has 19 heavy (non-hydrogen) atoms. The summed E-state index contributed by atoms with van der Waals surface area (Å²) in [5.74, 6) is -0.643. The summed E-state index contributed by atoms with van der Waals surface area (Å²) in [6, 6.07) is 5.54. The number of rotatable bonds is 5. The van der Waals surface area contributed by atoms with Crippen LogP contribution in [0, 0.1) is 11.3 Å². The highest BCUT2D eigenvalue weighted by atomic mass is 35.5. The molecule has 1 aromatic rings. The molecule has 7 nitrogen and oxygen atoms in total. The van der Waals surface area contributed by atoms with Crippen molar-refractivity contribution >= 4 is 27.5 Å². The summed E-state index contributed by atoms with van der Waals surface area (Å²) in [4.78, 5) is 10.9. The normalized spacial score (nSPS) is 10.6. The SMILES string of the molecule is N#CCNC(=O)COc1ccc(Cl)cc1S(N)(=O)=O. The standard InChI is InChI=1S/C10H10ClN3O4S/c11-7-1-2-8(9(5-7)19(13,16)17)18-6-10(15)14-4-3-12/h1-2,5H,4,6H2,(H,14,15)(H2,13,16,17). The lowest BCUT2D eigenvalue weighted by Crippen LogP contribution is -2.29. The van der Waals surface area contributed by atoms with Crippen molar-refractivity contribution < 1.29 is 17.9 Å². The molecule has 0 unspecified atom stereocenters. The first kappa shape index (κ1) is 15.2. The van der Waals surface area contributed by atoms with E-state index in [1.807, 2.05) is 0 Å². The lowest BCUT2D eigenvalue weighted by Gasteiger charge is -2.10. The minimum Gasteiger partial charge on any atom is -0.482 e. The molecule has 3 N–H and O–H groups in total. The zero-order valence-electron chi connectivity index (χ0n) is 9.59. The van der Waals surface area contributed by atoms with Gasteiger partial charge in [-0.15, -0.1) is 0 Å². The van der Waals surface area contributed by atoms with Crippen molar-refractivity contribution in [3.8, 4) is 11.8 Å². The number of hydrogen-bond donors (Lipinski definition) is 2. The fourth-order valence-electron chi connectivity index (χ4n) is 1.16. The van der Waals surface area contributed by atoms with Gasteiger partial charge in [-0.2, -0.15) is 5.26 Å². The fraction of sp³-hybridized carbons (Fsp3) is 0.200. The Bertz CT molecular complexity index is 624. The van der Waals surface area contributed by atoms with Crippen LogP contribution in [-0.4, -0.2) is 27.5 Å². The average Bonchev–Trinajstić information content (AvgIpc) is 2.33. The van der Waals surface area contributed by atoms with Gasteiger partial charge in [0.15, 0.2) is 6.61 Å². The van der Waals surface area contributed by atoms with Crippen LogP contribution >= 0.6 is 11.6 Å². The van der Waals surface area contributed by atoms with Crippen LogP contribution in [0.4, 0.5) is 0 Å². The molecule has 1 rings (SSSR count). The number of hydrogen-bond acceptors (Lipinski definition) is 5. The molecule has 1 amide bonds. The first-order chi connectivity index (χ1) is 8.84. The van der Waals surface area contributed by atoms with Crippen LogP contribution in [0.25, 0.3) is 0 Å². The number of ether oxygens (including phenoxy) is 1. The number of amides is 1. The molecule has 102 valence electrons. The average molecular weight is 304 g/mol. The number of nitrogens with zero attached hydrogens (tertiary/aromatic N) is 1. The summed E-state index contributed by atoms with van der Waals surface area (Å²) in [6.45, 7) is -0.601. The first-order valence-corrected chi connectivity index (χ1v) is 6.86. The molecule has 1 aromatic carbocycles. The molecule has 0 aliphatic heterocycles. The number of nitrogens with one attached hydrogen (secondary N) is 1. The minimum absolute atomic E-state index is 0.0843. The Morgan fingerprint density at radius 2 is 2.21 bits per heavy atom. The lowest BCUT2D eigenvalue weighted by atomic mass is 10.3. The highest BCUT2D eigenvalue weighted by molar-refractivity contribution is 7.89. The molecular weight excluding hydrogens is 294 g/mol. The van der Waals surface area contributed by atoms with E-state index in [1.54, 1.807) is 6.07 Å². The summed E-state index contributed by atoms with van der Waals surface area (Å²) < 4.78 is 27.7. The molecule has 0 aliphatic carbocycles. The molecule has 0 atom stereocenters. The Balaban J connectivity index is 2.85. The molecular formula is C10H10ClN3O4S. The molecule has 0 saturated carbocycles. The van der Waals surface area contributed by atoms with E-state index in [9.17, 15) is 13.2 Å².